The fraction of sp³-hybridized carbons (Fsp3) is 0.500. The molecule has 1 N–H and O–H groups in total. The summed E-state index contributed by atoms with van der Waals surface area (Å²) in [4.78, 5) is 21.7. The van der Waals surface area contributed by atoms with Gasteiger partial charge in [-0.1, -0.05) is 18.2 Å². The van der Waals surface area contributed by atoms with E-state index in [9.17, 15) is 4.79 Å². The maximum absolute atomic E-state index is 12.4. The van der Waals surface area contributed by atoms with E-state index < -0.39 is 5.60 Å². The molecule has 0 bridgehead atoms. The quantitative estimate of drug-likeness (QED) is 0.676. The summed E-state index contributed by atoms with van der Waals surface area (Å²) in [5.41, 5.74) is 1.95. The van der Waals surface area contributed by atoms with Crippen molar-refractivity contribution in [3.8, 4) is 0 Å². The van der Waals surface area contributed by atoms with Crippen LogP contribution in [0, 0.1) is 0 Å². The van der Waals surface area contributed by atoms with Crippen molar-refractivity contribution in [1.29, 1.82) is 0 Å². The number of nitrogens with one attached hydrogen (secondary N) is 1. The van der Waals surface area contributed by atoms with Gasteiger partial charge in [0.15, 0.2) is 0 Å². The maximum Gasteiger partial charge on any atom is 0.408 e. The maximum atomic E-state index is 12.4. The van der Waals surface area contributed by atoms with Gasteiger partial charge in [0.25, 0.3) is 0 Å². The second-order valence-electron chi connectivity index (χ2n) is 8.67. The number of benzene rings is 1. The first-order valence-electron chi connectivity index (χ1n) is 10.1. The summed E-state index contributed by atoms with van der Waals surface area (Å²) in [5.74, 6) is 0.845. The highest BCUT2D eigenvalue weighted by molar-refractivity contribution is 6.02. The Balaban J connectivity index is 1.71. The molecule has 1 aliphatic carbocycles. The SMILES string of the molecule is CCOCc1nc2cnc3ccccc3c2n1CC1(NC(=O)OC(C)(C)C)CC1. The lowest BCUT2D eigenvalue weighted by Crippen LogP contribution is -2.43. The molecule has 1 fully saturated rings. The second kappa shape index (κ2) is 7.30. The number of carbonyl (C=O) groups excluding carboxylic acids is 1. The summed E-state index contributed by atoms with van der Waals surface area (Å²) in [6, 6.07) is 8.05. The largest absolute Gasteiger partial charge is 0.444 e. The van der Waals surface area contributed by atoms with Gasteiger partial charge in [-0.25, -0.2) is 9.78 Å². The van der Waals surface area contributed by atoms with Crippen LogP contribution in [0.5, 0.6) is 0 Å². The second-order valence-corrected chi connectivity index (χ2v) is 8.67. The van der Waals surface area contributed by atoms with Gasteiger partial charge in [0.2, 0.25) is 0 Å². The van der Waals surface area contributed by atoms with E-state index in [4.69, 9.17) is 14.5 Å². The molecule has 1 aliphatic rings. The number of fused-ring (bicyclic) bond motifs is 3. The first kappa shape index (κ1) is 19.6. The zero-order valence-electron chi connectivity index (χ0n) is 17.5. The third-order valence-electron chi connectivity index (χ3n) is 5.07. The summed E-state index contributed by atoms with van der Waals surface area (Å²) in [6.07, 6.45) is 3.24. The molecule has 0 radical (unpaired) electrons. The predicted molar refractivity (Wildman–Crippen MR) is 112 cm³/mol. The van der Waals surface area contributed by atoms with Gasteiger partial charge >= 0.3 is 6.09 Å². The number of rotatable bonds is 6. The molecule has 29 heavy (non-hydrogen) atoms. The molecule has 2 aromatic heterocycles. The van der Waals surface area contributed by atoms with E-state index in [1.165, 1.54) is 0 Å². The standard InChI is InChI=1S/C22H28N4O3/c1-5-28-13-18-24-17-12-23-16-9-7-6-8-15(16)19(17)26(18)14-22(10-11-22)25-20(27)29-21(2,3)4/h6-9,12H,5,10-11,13-14H2,1-4H3,(H,25,27). The van der Waals surface area contributed by atoms with Crippen molar-refractivity contribution in [3.63, 3.8) is 0 Å². The van der Waals surface area contributed by atoms with E-state index in [0.717, 1.165) is 40.6 Å². The highest BCUT2D eigenvalue weighted by atomic mass is 16.6. The van der Waals surface area contributed by atoms with Crippen molar-refractivity contribution in [2.24, 2.45) is 0 Å². The minimum Gasteiger partial charge on any atom is -0.444 e. The smallest absolute Gasteiger partial charge is 0.408 e. The molecule has 2 heterocycles. The Morgan fingerprint density at radius 1 is 1.24 bits per heavy atom. The summed E-state index contributed by atoms with van der Waals surface area (Å²) in [7, 11) is 0. The molecule has 7 nitrogen and oxygen atoms in total. The number of imidazole rings is 1. The van der Waals surface area contributed by atoms with Gasteiger partial charge in [-0.2, -0.15) is 0 Å². The van der Waals surface area contributed by atoms with Crippen molar-refractivity contribution >= 4 is 28.0 Å². The van der Waals surface area contributed by atoms with Crippen LogP contribution in [-0.4, -0.2) is 38.4 Å². The molecule has 0 atom stereocenters. The van der Waals surface area contributed by atoms with Gasteiger partial charge in [0.1, 0.15) is 23.5 Å². The van der Waals surface area contributed by atoms with E-state index in [2.05, 4.69) is 20.9 Å². The van der Waals surface area contributed by atoms with Crippen LogP contribution in [0.15, 0.2) is 30.5 Å². The molecule has 7 heteroatoms. The number of hydrogen-bond acceptors (Lipinski definition) is 5. The average Bonchev–Trinajstić information content (AvgIpc) is 3.31. The molecule has 3 aromatic rings. The molecule has 4 rings (SSSR count). The minimum absolute atomic E-state index is 0.318. The van der Waals surface area contributed by atoms with Crippen LogP contribution in [0.3, 0.4) is 0 Å². The molecule has 0 unspecified atom stereocenters. The van der Waals surface area contributed by atoms with Crippen molar-refractivity contribution < 1.29 is 14.3 Å². The topological polar surface area (TPSA) is 78.3 Å². The van der Waals surface area contributed by atoms with Gasteiger partial charge in [0, 0.05) is 18.5 Å². The van der Waals surface area contributed by atoms with Gasteiger partial charge in [0.05, 0.1) is 22.8 Å². The molecule has 1 amide bonds. The Bertz CT molecular complexity index is 1050. The molecule has 1 saturated carbocycles. The number of nitrogens with zero attached hydrogens (tertiary/aromatic N) is 3. The lowest BCUT2D eigenvalue weighted by molar-refractivity contribution is 0.0490. The van der Waals surface area contributed by atoms with Gasteiger partial charge in [-0.15, -0.1) is 0 Å². The van der Waals surface area contributed by atoms with Crippen LogP contribution >= 0.6 is 0 Å². The molecule has 0 spiro atoms. The monoisotopic (exact) mass is 396 g/mol. The molecule has 0 saturated heterocycles. The Morgan fingerprint density at radius 2 is 2.00 bits per heavy atom. The Labute approximate surface area is 170 Å². The van der Waals surface area contributed by atoms with Gasteiger partial charge < -0.3 is 19.4 Å². The number of ether oxygens (including phenoxy) is 2. The fourth-order valence-corrected chi connectivity index (χ4v) is 3.58. The highest BCUT2D eigenvalue weighted by Crippen LogP contribution is 2.39. The Kier molecular flexibility index (Phi) is 4.94. The summed E-state index contributed by atoms with van der Waals surface area (Å²) >= 11 is 0. The van der Waals surface area contributed by atoms with Gasteiger partial charge in [-0.3, -0.25) is 4.98 Å². The van der Waals surface area contributed by atoms with Crippen LogP contribution in [0.2, 0.25) is 0 Å². The van der Waals surface area contributed by atoms with Crippen molar-refractivity contribution in [2.75, 3.05) is 6.61 Å². The lowest BCUT2D eigenvalue weighted by Gasteiger charge is -2.24. The highest BCUT2D eigenvalue weighted by Gasteiger charge is 2.46. The van der Waals surface area contributed by atoms with Crippen LogP contribution in [0.4, 0.5) is 4.79 Å². The van der Waals surface area contributed by atoms with Crippen molar-refractivity contribution in [3.05, 3.63) is 36.3 Å². The first-order valence-corrected chi connectivity index (χ1v) is 10.1. The molecular formula is C22H28N4O3. The average molecular weight is 396 g/mol. The summed E-state index contributed by atoms with van der Waals surface area (Å²) in [5, 5.41) is 4.14. The number of carbonyl (C=O) groups is 1. The number of para-hydroxylation sites is 1. The number of aromatic nitrogens is 3. The van der Waals surface area contributed by atoms with Crippen LogP contribution < -0.4 is 5.32 Å². The molecule has 154 valence electrons. The Morgan fingerprint density at radius 3 is 2.69 bits per heavy atom. The normalized spacial score (nSPS) is 15.6. The predicted octanol–water partition coefficient (Wildman–Crippen LogP) is 4.18. The van der Waals surface area contributed by atoms with E-state index in [0.29, 0.717) is 19.8 Å². The summed E-state index contributed by atoms with van der Waals surface area (Å²) in [6.45, 7) is 9.24. The molecule has 1 aromatic carbocycles. The van der Waals surface area contributed by atoms with Crippen molar-refractivity contribution in [2.45, 2.75) is 64.8 Å². The Hall–Kier alpha value is -2.67. The van der Waals surface area contributed by atoms with Crippen LogP contribution in [-0.2, 0) is 22.6 Å². The van der Waals surface area contributed by atoms with E-state index in [-0.39, 0.29) is 11.6 Å². The van der Waals surface area contributed by atoms with E-state index in [1.807, 2.05) is 52.1 Å². The van der Waals surface area contributed by atoms with E-state index >= 15 is 0 Å². The number of alkyl carbamates (subject to hydrolysis) is 1. The first-order chi connectivity index (χ1) is 13.8. The summed E-state index contributed by atoms with van der Waals surface area (Å²) < 4.78 is 13.3. The zero-order chi connectivity index (χ0) is 20.6. The van der Waals surface area contributed by atoms with E-state index in [1.54, 1.807) is 0 Å². The lowest BCUT2D eigenvalue weighted by atomic mass is 10.2. The third-order valence-corrected chi connectivity index (χ3v) is 5.07. The van der Waals surface area contributed by atoms with Crippen LogP contribution in [0.25, 0.3) is 21.9 Å². The zero-order valence-corrected chi connectivity index (χ0v) is 17.5. The van der Waals surface area contributed by atoms with Crippen LogP contribution in [0.1, 0.15) is 46.4 Å². The molecular weight excluding hydrogens is 368 g/mol. The van der Waals surface area contributed by atoms with Crippen molar-refractivity contribution in [1.82, 2.24) is 19.9 Å². The minimum atomic E-state index is -0.524. The number of pyridine rings is 1. The number of hydrogen-bond donors (Lipinski definition) is 1. The molecule has 0 aliphatic heterocycles. The van der Waals surface area contributed by atoms with Gasteiger partial charge in [-0.05, 0) is 46.6 Å². The fourth-order valence-electron chi connectivity index (χ4n) is 3.58. The third kappa shape index (κ3) is 4.19. The number of amides is 1.